The first kappa shape index (κ1) is 14.0. The van der Waals surface area contributed by atoms with E-state index in [4.69, 9.17) is 5.11 Å². The SMILES string of the molecule is OCCCN(c1nccc(C(F)(F)F)n1)C1CCC1. The van der Waals surface area contributed by atoms with Gasteiger partial charge in [0.05, 0.1) is 0 Å². The smallest absolute Gasteiger partial charge is 0.396 e. The van der Waals surface area contributed by atoms with Crippen LogP contribution in [0.4, 0.5) is 19.1 Å². The number of aliphatic hydroxyl groups excluding tert-OH is 1. The molecule has 7 heteroatoms. The molecule has 1 aliphatic rings. The largest absolute Gasteiger partial charge is 0.433 e. The van der Waals surface area contributed by atoms with Crippen LogP contribution in [-0.4, -0.2) is 34.3 Å². The van der Waals surface area contributed by atoms with Gasteiger partial charge in [0.2, 0.25) is 5.95 Å². The highest BCUT2D eigenvalue weighted by Gasteiger charge is 2.34. The van der Waals surface area contributed by atoms with Gasteiger partial charge in [0.25, 0.3) is 0 Å². The Balaban J connectivity index is 2.20. The number of hydrogen-bond donors (Lipinski definition) is 1. The van der Waals surface area contributed by atoms with Crippen LogP contribution in [0.25, 0.3) is 0 Å². The molecule has 1 fully saturated rings. The van der Waals surface area contributed by atoms with E-state index in [-0.39, 0.29) is 18.6 Å². The second kappa shape index (κ2) is 5.73. The molecule has 19 heavy (non-hydrogen) atoms. The van der Waals surface area contributed by atoms with Crippen LogP contribution < -0.4 is 4.90 Å². The normalized spacial score (nSPS) is 16.2. The Hall–Kier alpha value is -1.37. The molecule has 0 amide bonds. The summed E-state index contributed by atoms with van der Waals surface area (Å²) in [4.78, 5) is 9.32. The lowest BCUT2D eigenvalue weighted by molar-refractivity contribution is -0.141. The summed E-state index contributed by atoms with van der Waals surface area (Å²) in [6.07, 6.45) is 0.112. The van der Waals surface area contributed by atoms with E-state index in [1.54, 1.807) is 4.90 Å². The molecule has 0 radical (unpaired) electrons. The molecule has 0 unspecified atom stereocenters. The predicted molar refractivity (Wildman–Crippen MR) is 63.7 cm³/mol. The lowest BCUT2D eigenvalue weighted by Gasteiger charge is -2.37. The summed E-state index contributed by atoms with van der Waals surface area (Å²) in [6.45, 7) is 0.477. The van der Waals surface area contributed by atoms with Crippen LogP contribution in [0.5, 0.6) is 0 Å². The van der Waals surface area contributed by atoms with Gasteiger partial charge >= 0.3 is 6.18 Å². The van der Waals surface area contributed by atoms with Gasteiger partial charge in [-0.05, 0) is 31.7 Å². The van der Waals surface area contributed by atoms with Crippen molar-refractivity contribution in [1.29, 1.82) is 0 Å². The van der Waals surface area contributed by atoms with Gasteiger partial charge < -0.3 is 10.0 Å². The van der Waals surface area contributed by atoms with Crippen molar-refractivity contribution in [3.8, 4) is 0 Å². The number of aliphatic hydroxyl groups is 1. The Labute approximate surface area is 109 Å². The second-order valence-corrected chi connectivity index (χ2v) is 4.59. The average Bonchev–Trinajstić information content (AvgIpc) is 2.31. The molecular weight excluding hydrogens is 259 g/mol. The molecule has 0 saturated heterocycles. The summed E-state index contributed by atoms with van der Waals surface area (Å²) in [7, 11) is 0. The molecule has 4 nitrogen and oxygen atoms in total. The number of rotatable bonds is 5. The summed E-state index contributed by atoms with van der Waals surface area (Å²) in [5, 5.41) is 8.87. The zero-order valence-electron chi connectivity index (χ0n) is 10.4. The molecule has 0 aromatic carbocycles. The second-order valence-electron chi connectivity index (χ2n) is 4.59. The van der Waals surface area contributed by atoms with Gasteiger partial charge in [-0.2, -0.15) is 13.2 Å². The summed E-state index contributed by atoms with van der Waals surface area (Å²) in [5.74, 6) is 0.105. The monoisotopic (exact) mass is 275 g/mol. The third-order valence-corrected chi connectivity index (χ3v) is 3.26. The van der Waals surface area contributed by atoms with Crippen molar-refractivity contribution >= 4 is 5.95 Å². The minimum Gasteiger partial charge on any atom is -0.396 e. The van der Waals surface area contributed by atoms with E-state index in [2.05, 4.69) is 9.97 Å². The fraction of sp³-hybridized carbons (Fsp3) is 0.667. The highest BCUT2D eigenvalue weighted by molar-refractivity contribution is 5.33. The van der Waals surface area contributed by atoms with E-state index >= 15 is 0 Å². The number of aromatic nitrogens is 2. The van der Waals surface area contributed by atoms with Crippen LogP contribution in [0.1, 0.15) is 31.4 Å². The van der Waals surface area contributed by atoms with Gasteiger partial charge in [-0.1, -0.05) is 0 Å². The van der Waals surface area contributed by atoms with Crippen LogP contribution in [0, 0.1) is 0 Å². The molecule has 1 aliphatic carbocycles. The molecule has 1 heterocycles. The van der Waals surface area contributed by atoms with Crippen LogP contribution in [0.15, 0.2) is 12.3 Å². The Morgan fingerprint density at radius 2 is 2.11 bits per heavy atom. The van der Waals surface area contributed by atoms with E-state index in [0.29, 0.717) is 13.0 Å². The number of anilines is 1. The maximum Gasteiger partial charge on any atom is 0.433 e. The first-order valence-electron chi connectivity index (χ1n) is 6.30. The van der Waals surface area contributed by atoms with E-state index in [1.807, 2.05) is 0 Å². The number of halogens is 3. The highest BCUT2D eigenvalue weighted by Crippen LogP contribution is 2.31. The molecule has 0 spiro atoms. The zero-order chi connectivity index (χ0) is 13.9. The average molecular weight is 275 g/mol. The maximum absolute atomic E-state index is 12.6. The first-order chi connectivity index (χ1) is 9.02. The standard InChI is InChI=1S/C12H16F3N3O/c13-12(14,15)10-5-6-16-11(17-10)18(7-2-8-19)9-3-1-4-9/h5-6,9,19H,1-4,7-8H2. The Bertz CT molecular complexity index is 421. The minimum absolute atomic E-state index is 0.00216. The summed E-state index contributed by atoms with van der Waals surface area (Å²) >= 11 is 0. The Morgan fingerprint density at radius 3 is 2.63 bits per heavy atom. The number of nitrogens with zero attached hydrogens (tertiary/aromatic N) is 3. The van der Waals surface area contributed by atoms with Gasteiger partial charge in [0, 0.05) is 25.4 Å². The maximum atomic E-state index is 12.6. The minimum atomic E-state index is -4.46. The lowest BCUT2D eigenvalue weighted by Crippen LogP contribution is -2.42. The molecule has 0 bridgehead atoms. The Kier molecular flexibility index (Phi) is 4.24. The zero-order valence-corrected chi connectivity index (χ0v) is 10.4. The molecule has 2 rings (SSSR count). The fourth-order valence-corrected chi connectivity index (χ4v) is 2.03. The first-order valence-corrected chi connectivity index (χ1v) is 6.30. The van der Waals surface area contributed by atoms with Crippen molar-refractivity contribution < 1.29 is 18.3 Å². The summed E-state index contributed by atoms with van der Waals surface area (Å²) in [5.41, 5.74) is -0.925. The van der Waals surface area contributed by atoms with Crippen molar-refractivity contribution in [2.45, 2.75) is 37.9 Å². The molecule has 1 aromatic rings. The van der Waals surface area contributed by atoms with Gasteiger partial charge in [-0.25, -0.2) is 9.97 Å². The third-order valence-electron chi connectivity index (χ3n) is 3.26. The molecule has 0 atom stereocenters. The topological polar surface area (TPSA) is 49.2 Å². The molecular formula is C12H16F3N3O. The van der Waals surface area contributed by atoms with Gasteiger partial charge in [-0.15, -0.1) is 0 Å². The van der Waals surface area contributed by atoms with Gasteiger partial charge in [-0.3, -0.25) is 0 Å². The number of alkyl halides is 3. The van der Waals surface area contributed by atoms with E-state index in [0.717, 1.165) is 31.5 Å². The lowest BCUT2D eigenvalue weighted by atomic mass is 9.91. The van der Waals surface area contributed by atoms with Crippen molar-refractivity contribution in [3.63, 3.8) is 0 Å². The van der Waals surface area contributed by atoms with Crippen LogP contribution >= 0.6 is 0 Å². The molecule has 0 aliphatic heterocycles. The number of hydrogen-bond acceptors (Lipinski definition) is 4. The van der Waals surface area contributed by atoms with Gasteiger partial charge in [0.15, 0.2) is 0 Å². The van der Waals surface area contributed by atoms with Crippen molar-refractivity contribution in [1.82, 2.24) is 9.97 Å². The van der Waals surface area contributed by atoms with Crippen molar-refractivity contribution in [2.75, 3.05) is 18.1 Å². The Morgan fingerprint density at radius 1 is 1.37 bits per heavy atom. The van der Waals surface area contributed by atoms with Crippen LogP contribution in [0.2, 0.25) is 0 Å². The van der Waals surface area contributed by atoms with E-state index in [1.165, 1.54) is 0 Å². The van der Waals surface area contributed by atoms with E-state index < -0.39 is 11.9 Å². The van der Waals surface area contributed by atoms with Crippen molar-refractivity contribution in [3.05, 3.63) is 18.0 Å². The summed E-state index contributed by atoms with van der Waals surface area (Å²) in [6, 6.07) is 1.06. The predicted octanol–water partition coefficient (Wildman–Crippen LogP) is 2.24. The quantitative estimate of drug-likeness (QED) is 0.895. The highest BCUT2D eigenvalue weighted by atomic mass is 19.4. The summed E-state index contributed by atoms with van der Waals surface area (Å²) < 4.78 is 37.9. The van der Waals surface area contributed by atoms with Crippen molar-refractivity contribution in [2.24, 2.45) is 0 Å². The molecule has 1 saturated carbocycles. The molecule has 1 N–H and O–H groups in total. The van der Waals surface area contributed by atoms with E-state index in [9.17, 15) is 13.2 Å². The molecule has 1 aromatic heterocycles. The van der Waals surface area contributed by atoms with Crippen LogP contribution in [-0.2, 0) is 6.18 Å². The van der Waals surface area contributed by atoms with Crippen LogP contribution in [0.3, 0.4) is 0 Å². The fourth-order valence-electron chi connectivity index (χ4n) is 2.03. The third kappa shape index (κ3) is 3.34. The molecule has 106 valence electrons. The van der Waals surface area contributed by atoms with Gasteiger partial charge in [0.1, 0.15) is 5.69 Å².